The van der Waals surface area contributed by atoms with Crippen molar-refractivity contribution in [3.05, 3.63) is 28.2 Å². The number of aromatic amines is 1. The fraction of sp³-hybridized carbons (Fsp3) is 0.250. The quantitative estimate of drug-likeness (QED) is 0.915. The minimum absolute atomic E-state index is 0.549. The Labute approximate surface area is 108 Å². The van der Waals surface area contributed by atoms with E-state index in [1.807, 2.05) is 18.2 Å². The van der Waals surface area contributed by atoms with E-state index in [2.05, 4.69) is 33.1 Å². The third kappa shape index (κ3) is 2.15. The Balaban J connectivity index is 2.59. The summed E-state index contributed by atoms with van der Waals surface area (Å²) in [5.74, 6) is 1.34. The van der Waals surface area contributed by atoms with Gasteiger partial charge in [-0.1, -0.05) is 22.9 Å². The number of halogens is 1. The van der Waals surface area contributed by atoms with Gasteiger partial charge in [0, 0.05) is 15.6 Å². The first-order chi connectivity index (χ1) is 8.17. The van der Waals surface area contributed by atoms with Gasteiger partial charge >= 0.3 is 0 Å². The minimum atomic E-state index is 0.549. The lowest BCUT2D eigenvalue weighted by Gasteiger charge is -2.08. The van der Waals surface area contributed by atoms with Gasteiger partial charge in [-0.2, -0.15) is 5.10 Å². The number of methoxy groups -OCH3 is 1. The molecule has 3 N–H and O–H groups in total. The minimum Gasteiger partial charge on any atom is -0.496 e. The van der Waals surface area contributed by atoms with E-state index in [-0.39, 0.29) is 0 Å². The number of aromatic nitrogens is 2. The average molecular weight is 296 g/mol. The van der Waals surface area contributed by atoms with Crippen LogP contribution in [0, 0.1) is 0 Å². The summed E-state index contributed by atoms with van der Waals surface area (Å²) in [5, 5.41) is 7.01. The second-order valence-corrected chi connectivity index (χ2v) is 4.58. The highest BCUT2D eigenvalue weighted by molar-refractivity contribution is 9.10. The van der Waals surface area contributed by atoms with Gasteiger partial charge in [0.15, 0.2) is 0 Å². The Morgan fingerprint density at radius 2 is 2.24 bits per heavy atom. The predicted molar refractivity (Wildman–Crippen MR) is 72.1 cm³/mol. The number of nitrogens with zero attached hydrogens (tertiary/aromatic N) is 1. The molecule has 1 heterocycles. The number of hydrogen-bond acceptors (Lipinski definition) is 3. The molecule has 4 nitrogen and oxygen atoms in total. The van der Waals surface area contributed by atoms with Crippen LogP contribution in [0.15, 0.2) is 22.7 Å². The Morgan fingerprint density at radius 1 is 1.47 bits per heavy atom. The molecule has 90 valence electrons. The lowest BCUT2D eigenvalue weighted by atomic mass is 10.0. The van der Waals surface area contributed by atoms with Crippen LogP contribution in [-0.4, -0.2) is 17.3 Å². The molecule has 0 fully saturated rings. The third-order valence-corrected chi connectivity index (χ3v) is 3.18. The van der Waals surface area contributed by atoms with E-state index >= 15 is 0 Å². The van der Waals surface area contributed by atoms with Crippen LogP contribution in [0.25, 0.3) is 11.3 Å². The molecule has 0 aliphatic rings. The standard InChI is InChI=1S/C12H14BrN3O/c1-3-8-11(15-16-12(8)14)9-5-4-7(13)6-10(9)17-2/h4-6H,3H2,1-2H3,(H3,14,15,16). The van der Waals surface area contributed by atoms with Gasteiger partial charge in [-0.3, -0.25) is 5.10 Å². The zero-order chi connectivity index (χ0) is 12.4. The first kappa shape index (κ1) is 12.0. The lowest BCUT2D eigenvalue weighted by Crippen LogP contribution is -1.93. The van der Waals surface area contributed by atoms with E-state index in [1.54, 1.807) is 7.11 Å². The zero-order valence-corrected chi connectivity index (χ0v) is 11.3. The first-order valence-corrected chi connectivity index (χ1v) is 6.13. The smallest absolute Gasteiger partial charge is 0.149 e. The third-order valence-electron chi connectivity index (χ3n) is 2.69. The highest BCUT2D eigenvalue weighted by Crippen LogP contribution is 2.34. The Morgan fingerprint density at radius 3 is 2.88 bits per heavy atom. The van der Waals surface area contributed by atoms with Crippen molar-refractivity contribution in [2.24, 2.45) is 0 Å². The Hall–Kier alpha value is -1.49. The molecule has 2 aromatic rings. The SMILES string of the molecule is CCc1c(N)n[nH]c1-c1ccc(Br)cc1OC. The van der Waals surface area contributed by atoms with Gasteiger partial charge in [0.1, 0.15) is 11.6 Å². The van der Waals surface area contributed by atoms with Crippen LogP contribution in [0.1, 0.15) is 12.5 Å². The molecule has 1 aromatic carbocycles. The predicted octanol–water partition coefficient (Wildman–Crippen LogP) is 2.99. The number of nitrogens with one attached hydrogen (secondary N) is 1. The van der Waals surface area contributed by atoms with Crippen LogP contribution in [0.3, 0.4) is 0 Å². The van der Waals surface area contributed by atoms with Crippen LogP contribution in [0.4, 0.5) is 5.82 Å². The van der Waals surface area contributed by atoms with Crippen molar-refractivity contribution < 1.29 is 4.74 Å². The molecule has 17 heavy (non-hydrogen) atoms. The maximum Gasteiger partial charge on any atom is 0.149 e. The highest BCUT2D eigenvalue weighted by Gasteiger charge is 2.14. The van der Waals surface area contributed by atoms with Crippen LogP contribution in [-0.2, 0) is 6.42 Å². The van der Waals surface area contributed by atoms with Gasteiger partial charge in [0.05, 0.1) is 12.8 Å². The number of rotatable bonds is 3. The van der Waals surface area contributed by atoms with Crippen LogP contribution in [0.2, 0.25) is 0 Å². The summed E-state index contributed by atoms with van der Waals surface area (Å²) < 4.78 is 6.35. The van der Waals surface area contributed by atoms with Gasteiger partial charge < -0.3 is 10.5 Å². The van der Waals surface area contributed by atoms with Crippen LogP contribution < -0.4 is 10.5 Å². The number of ether oxygens (including phenoxy) is 1. The molecular weight excluding hydrogens is 282 g/mol. The van der Waals surface area contributed by atoms with Crippen molar-refractivity contribution in [2.75, 3.05) is 12.8 Å². The summed E-state index contributed by atoms with van der Waals surface area (Å²) in [6.07, 6.45) is 0.830. The zero-order valence-electron chi connectivity index (χ0n) is 9.75. The summed E-state index contributed by atoms with van der Waals surface area (Å²) in [6, 6.07) is 5.87. The normalized spacial score (nSPS) is 10.5. The maximum atomic E-state index is 5.82. The van der Waals surface area contributed by atoms with Crippen molar-refractivity contribution in [3.8, 4) is 17.0 Å². The maximum absolute atomic E-state index is 5.82. The molecule has 0 atom stereocenters. The summed E-state index contributed by atoms with van der Waals surface area (Å²) in [5.41, 5.74) is 8.73. The number of H-pyrrole nitrogens is 1. The molecule has 0 aliphatic heterocycles. The van der Waals surface area contributed by atoms with Gasteiger partial charge in [-0.25, -0.2) is 0 Å². The van der Waals surface area contributed by atoms with E-state index in [4.69, 9.17) is 10.5 Å². The van der Waals surface area contributed by atoms with Gasteiger partial charge in [-0.15, -0.1) is 0 Å². The molecule has 0 unspecified atom stereocenters. The number of anilines is 1. The van der Waals surface area contributed by atoms with Gasteiger partial charge in [0.2, 0.25) is 0 Å². The monoisotopic (exact) mass is 295 g/mol. The van der Waals surface area contributed by atoms with Crippen molar-refractivity contribution in [2.45, 2.75) is 13.3 Å². The Kier molecular flexibility index (Phi) is 3.38. The van der Waals surface area contributed by atoms with Crippen molar-refractivity contribution >= 4 is 21.7 Å². The molecule has 0 radical (unpaired) electrons. The summed E-state index contributed by atoms with van der Waals surface area (Å²) >= 11 is 3.42. The van der Waals surface area contributed by atoms with E-state index in [1.165, 1.54) is 0 Å². The van der Waals surface area contributed by atoms with Crippen LogP contribution in [0.5, 0.6) is 5.75 Å². The highest BCUT2D eigenvalue weighted by atomic mass is 79.9. The second-order valence-electron chi connectivity index (χ2n) is 3.66. The van der Waals surface area contributed by atoms with E-state index in [0.29, 0.717) is 5.82 Å². The average Bonchev–Trinajstić information content (AvgIpc) is 2.70. The second kappa shape index (κ2) is 4.79. The molecule has 0 saturated carbocycles. The fourth-order valence-corrected chi connectivity index (χ4v) is 2.17. The van der Waals surface area contributed by atoms with Crippen molar-refractivity contribution in [1.82, 2.24) is 10.2 Å². The number of nitrogens with two attached hydrogens (primary N) is 1. The molecular formula is C12H14BrN3O. The first-order valence-electron chi connectivity index (χ1n) is 5.34. The lowest BCUT2D eigenvalue weighted by molar-refractivity contribution is 0.416. The molecule has 1 aromatic heterocycles. The molecule has 2 rings (SSSR count). The number of nitrogen functional groups attached to an aromatic ring is 1. The summed E-state index contributed by atoms with van der Waals surface area (Å²) in [7, 11) is 1.65. The van der Waals surface area contributed by atoms with E-state index < -0.39 is 0 Å². The van der Waals surface area contributed by atoms with Crippen molar-refractivity contribution in [1.29, 1.82) is 0 Å². The van der Waals surface area contributed by atoms with Gasteiger partial charge in [-0.05, 0) is 24.6 Å². The van der Waals surface area contributed by atoms with Crippen molar-refractivity contribution in [3.63, 3.8) is 0 Å². The molecule has 0 amide bonds. The largest absolute Gasteiger partial charge is 0.496 e. The van der Waals surface area contributed by atoms with E-state index in [9.17, 15) is 0 Å². The molecule has 5 heteroatoms. The number of benzene rings is 1. The Bertz CT molecular complexity index is 537. The summed E-state index contributed by atoms with van der Waals surface area (Å²) in [4.78, 5) is 0. The molecule has 0 saturated heterocycles. The summed E-state index contributed by atoms with van der Waals surface area (Å²) in [6.45, 7) is 2.05. The van der Waals surface area contributed by atoms with Crippen LogP contribution >= 0.6 is 15.9 Å². The van der Waals surface area contributed by atoms with E-state index in [0.717, 1.165) is 33.5 Å². The van der Waals surface area contributed by atoms with Gasteiger partial charge in [0.25, 0.3) is 0 Å². The molecule has 0 aliphatic carbocycles. The molecule has 0 bridgehead atoms. The topological polar surface area (TPSA) is 63.9 Å². The number of hydrogen-bond donors (Lipinski definition) is 2. The fourth-order valence-electron chi connectivity index (χ4n) is 1.83. The molecule has 0 spiro atoms.